The third kappa shape index (κ3) is 2.12. The zero-order chi connectivity index (χ0) is 11.7. The molecule has 0 radical (unpaired) electrons. The van der Waals surface area contributed by atoms with Crippen molar-refractivity contribution in [3.05, 3.63) is 17.8 Å². The van der Waals surface area contributed by atoms with E-state index in [1.54, 1.807) is 17.7 Å². The van der Waals surface area contributed by atoms with Gasteiger partial charge in [0.1, 0.15) is 17.0 Å². The Morgan fingerprint density at radius 1 is 1.53 bits per heavy atom. The van der Waals surface area contributed by atoms with Gasteiger partial charge in [-0.2, -0.15) is 0 Å². The normalized spacial score (nSPS) is 19.9. The van der Waals surface area contributed by atoms with Crippen LogP contribution in [0.2, 0.25) is 0 Å². The molecule has 0 aromatic carbocycles. The summed E-state index contributed by atoms with van der Waals surface area (Å²) in [5.74, 6) is 1.66. The molecule has 0 N–H and O–H groups in total. The van der Waals surface area contributed by atoms with Gasteiger partial charge >= 0.3 is 0 Å². The molecule has 17 heavy (non-hydrogen) atoms. The molecule has 90 valence electrons. The number of nitrogens with zero attached hydrogens (tertiary/aromatic N) is 3. The Morgan fingerprint density at radius 2 is 2.47 bits per heavy atom. The van der Waals surface area contributed by atoms with Crippen molar-refractivity contribution < 1.29 is 4.74 Å². The molecule has 1 saturated heterocycles. The maximum atomic E-state index is 5.41. The highest BCUT2D eigenvalue weighted by molar-refractivity contribution is 7.16. The zero-order valence-electron chi connectivity index (χ0n) is 9.80. The lowest BCUT2D eigenvalue weighted by atomic mass is 10.1. The molecule has 5 heteroatoms. The maximum absolute atomic E-state index is 5.41. The average molecular weight is 249 g/mol. The summed E-state index contributed by atoms with van der Waals surface area (Å²) in [5.41, 5.74) is 0. The second-order valence-corrected chi connectivity index (χ2v) is 5.34. The first-order valence-electron chi connectivity index (χ1n) is 5.81. The summed E-state index contributed by atoms with van der Waals surface area (Å²) in [7, 11) is 2.10. The molecule has 4 nitrogen and oxygen atoms in total. The fraction of sp³-hybridized carbons (Fsp3) is 0.500. The molecule has 2 aromatic heterocycles. The van der Waals surface area contributed by atoms with Crippen LogP contribution >= 0.6 is 11.3 Å². The molecule has 0 spiro atoms. The van der Waals surface area contributed by atoms with E-state index < -0.39 is 0 Å². The SMILES string of the molecule is CN(CC1CCOC1)c1ncnc2sccc12. The molecule has 3 heterocycles. The number of thiophene rings is 1. The third-order valence-electron chi connectivity index (χ3n) is 3.16. The number of rotatable bonds is 3. The van der Waals surface area contributed by atoms with Crippen LogP contribution in [0.5, 0.6) is 0 Å². The third-order valence-corrected chi connectivity index (χ3v) is 3.98. The lowest BCUT2D eigenvalue weighted by Gasteiger charge is -2.21. The van der Waals surface area contributed by atoms with Crippen molar-refractivity contribution in [1.29, 1.82) is 0 Å². The lowest BCUT2D eigenvalue weighted by Crippen LogP contribution is -2.26. The van der Waals surface area contributed by atoms with Crippen LogP contribution in [0, 0.1) is 5.92 Å². The van der Waals surface area contributed by atoms with Crippen molar-refractivity contribution in [2.45, 2.75) is 6.42 Å². The topological polar surface area (TPSA) is 38.2 Å². The Hall–Kier alpha value is -1.20. The summed E-state index contributed by atoms with van der Waals surface area (Å²) in [6, 6.07) is 2.09. The number of hydrogen-bond acceptors (Lipinski definition) is 5. The first-order chi connectivity index (χ1) is 8.34. The second kappa shape index (κ2) is 4.58. The van der Waals surface area contributed by atoms with Gasteiger partial charge in [0.15, 0.2) is 0 Å². The van der Waals surface area contributed by atoms with E-state index in [9.17, 15) is 0 Å². The highest BCUT2D eigenvalue weighted by Crippen LogP contribution is 2.27. The summed E-state index contributed by atoms with van der Waals surface area (Å²) >= 11 is 1.66. The van der Waals surface area contributed by atoms with Crippen molar-refractivity contribution in [2.75, 3.05) is 31.7 Å². The molecule has 1 aliphatic heterocycles. The average Bonchev–Trinajstić information content (AvgIpc) is 2.97. The van der Waals surface area contributed by atoms with Gasteiger partial charge in [-0.1, -0.05) is 0 Å². The Bertz CT molecular complexity index is 507. The molecule has 2 aromatic rings. The van der Waals surface area contributed by atoms with E-state index in [0.29, 0.717) is 5.92 Å². The van der Waals surface area contributed by atoms with Gasteiger partial charge in [-0.25, -0.2) is 9.97 Å². The van der Waals surface area contributed by atoms with Crippen molar-refractivity contribution >= 4 is 27.4 Å². The van der Waals surface area contributed by atoms with Crippen LogP contribution in [0.25, 0.3) is 10.2 Å². The van der Waals surface area contributed by atoms with Crippen molar-refractivity contribution in [3.8, 4) is 0 Å². The van der Waals surface area contributed by atoms with E-state index in [2.05, 4.69) is 33.4 Å². The van der Waals surface area contributed by atoms with E-state index >= 15 is 0 Å². The van der Waals surface area contributed by atoms with Crippen LogP contribution in [-0.4, -0.2) is 36.8 Å². The summed E-state index contributed by atoms with van der Waals surface area (Å²) in [6.45, 7) is 2.78. The van der Waals surface area contributed by atoms with Gasteiger partial charge in [-0.15, -0.1) is 11.3 Å². The highest BCUT2D eigenvalue weighted by Gasteiger charge is 2.19. The summed E-state index contributed by atoms with van der Waals surface area (Å²) in [5, 5.41) is 3.22. The van der Waals surface area contributed by atoms with Crippen LogP contribution in [0.15, 0.2) is 17.8 Å². The van der Waals surface area contributed by atoms with Crippen molar-refractivity contribution in [1.82, 2.24) is 9.97 Å². The fourth-order valence-corrected chi connectivity index (χ4v) is 3.01. The Labute approximate surface area is 104 Å². The standard InChI is InChI=1S/C12H15N3OS/c1-15(6-9-2-4-16-7-9)11-10-3-5-17-12(10)14-8-13-11/h3,5,8-9H,2,4,6-7H2,1H3. The van der Waals surface area contributed by atoms with Gasteiger partial charge in [0.25, 0.3) is 0 Å². The quantitative estimate of drug-likeness (QED) is 0.835. The van der Waals surface area contributed by atoms with Crippen LogP contribution in [0.1, 0.15) is 6.42 Å². The van der Waals surface area contributed by atoms with Crippen LogP contribution in [0.3, 0.4) is 0 Å². The lowest BCUT2D eigenvalue weighted by molar-refractivity contribution is 0.186. The number of hydrogen-bond donors (Lipinski definition) is 0. The predicted molar refractivity (Wildman–Crippen MR) is 69.6 cm³/mol. The molecule has 0 saturated carbocycles. The van der Waals surface area contributed by atoms with Gasteiger partial charge < -0.3 is 9.64 Å². The molecule has 0 amide bonds. The van der Waals surface area contributed by atoms with E-state index in [-0.39, 0.29) is 0 Å². The molecule has 1 unspecified atom stereocenters. The van der Waals surface area contributed by atoms with Gasteiger partial charge in [0, 0.05) is 26.1 Å². The van der Waals surface area contributed by atoms with Crippen LogP contribution in [-0.2, 0) is 4.74 Å². The van der Waals surface area contributed by atoms with Gasteiger partial charge in [-0.3, -0.25) is 0 Å². The minimum Gasteiger partial charge on any atom is -0.381 e. The Kier molecular flexibility index (Phi) is 2.94. The second-order valence-electron chi connectivity index (χ2n) is 4.45. The molecular weight excluding hydrogens is 234 g/mol. The largest absolute Gasteiger partial charge is 0.381 e. The smallest absolute Gasteiger partial charge is 0.140 e. The molecular formula is C12H15N3OS. The van der Waals surface area contributed by atoms with Crippen LogP contribution in [0.4, 0.5) is 5.82 Å². The first-order valence-corrected chi connectivity index (χ1v) is 6.69. The highest BCUT2D eigenvalue weighted by atomic mass is 32.1. The van der Waals surface area contributed by atoms with Crippen molar-refractivity contribution in [3.63, 3.8) is 0 Å². The summed E-state index contributed by atoms with van der Waals surface area (Å²) < 4.78 is 5.41. The number of anilines is 1. The first kappa shape index (κ1) is 10.9. The van der Waals surface area contributed by atoms with E-state index in [4.69, 9.17) is 4.74 Å². The molecule has 0 bridgehead atoms. The monoisotopic (exact) mass is 249 g/mol. The molecule has 1 atom stereocenters. The molecule has 3 rings (SSSR count). The predicted octanol–water partition coefficient (Wildman–Crippen LogP) is 2.16. The fourth-order valence-electron chi connectivity index (χ4n) is 2.28. The minimum absolute atomic E-state index is 0.628. The number of fused-ring (bicyclic) bond motifs is 1. The molecule has 0 aliphatic carbocycles. The van der Waals surface area contributed by atoms with Gasteiger partial charge in [-0.05, 0) is 17.9 Å². The summed E-state index contributed by atoms with van der Waals surface area (Å²) in [4.78, 5) is 12.0. The molecule has 1 fully saturated rings. The molecule has 1 aliphatic rings. The van der Waals surface area contributed by atoms with Gasteiger partial charge in [0.05, 0.1) is 12.0 Å². The maximum Gasteiger partial charge on any atom is 0.140 e. The van der Waals surface area contributed by atoms with E-state index in [0.717, 1.165) is 42.2 Å². The zero-order valence-corrected chi connectivity index (χ0v) is 10.6. The van der Waals surface area contributed by atoms with E-state index in [1.165, 1.54) is 0 Å². The minimum atomic E-state index is 0.628. The number of ether oxygens (including phenoxy) is 1. The number of aromatic nitrogens is 2. The Morgan fingerprint density at radius 3 is 3.29 bits per heavy atom. The summed E-state index contributed by atoms with van der Waals surface area (Å²) in [6.07, 6.45) is 2.80. The van der Waals surface area contributed by atoms with E-state index in [1.807, 2.05) is 0 Å². The van der Waals surface area contributed by atoms with Gasteiger partial charge in [0.2, 0.25) is 0 Å². The Balaban J connectivity index is 1.84. The van der Waals surface area contributed by atoms with Crippen molar-refractivity contribution in [2.24, 2.45) is 5.92 Å². The van der Waals surface area contributed by atoms with Crippen LogP contribution < -0.4 is 4.90 Å².